The molecule has 1 saturated carbocycles. The predicted molar refractivity (Wildman–Crippen MR) is 78.7 cm³/mol. The third-order valence-corrected chi connectivity index (χ3v) is 4.14. The Bertz CT molecular complexity index is 839. The molecule has 21 heavy (non-hydrogen) atoms. The van der Waals surface area contributed by atoms with Crippen molar-refractivity contribution in [2.75, 3.05) is 5.32 Å². The zero-order valence-electron chi connectivity index (χ0n) is 10.6. The highest BCUT2D eigenvalue weighted by atomic mass is 35.5. The van der Waals surface area contributed by atoms with E-state index in [-0.39, 0.29) is 5.82 Å². The lowest BCUT2D eigenvalue weighted by atomic mass is 10.2. The number of anilines is 1. The number of amides is 1. The Morgan fingerprint density at radius 1 is 1.38 bits per heavy atom. The van der Waals surface area contributed by atoms with E-state index in [1.165, 1.54) is 0 Å². The third kappa shape index (κ3) is 2.26. The van der Waals surface area contributed by atoms with Gasteiger partial charge in [0, 0.05) is 5.92 Å². The summed E-state index contributed by atoms with van der Waals surface area (Å²) in [5.41, 5.74) is 1.69. The van der Waals surface area contributed by atoms with E-state index in [2.05, 4.69) is 29.2 Å². The largest absolute Gasteiger partial charge is 0.316 e. The Hall–Kier alpha value is -2.06. The highest BCUT2D eigenvalue weighted by molar-refractivity contribution is 7.00. The maximum Gasteiger partial charge on any atom is 0.295 e. The first-order valence-corrected chi connectivity index (χ1v) is 7.47. The van der Waals surface area contributed by atoms with Crippen LogP contribution in [0.15, 0.2) is 12.1 Å². The Kier molecular flexibility index (Phi) is 2.86. The first kappa shape index (κ1) is 12.7. The molecule has 0 radical (unpaired) electrons. The van der Waals surface area contributed by atoms with Crippen LogP contribution in [0.3, 0.4) is 0 Å². The molecule has 0 saturated heterocycles. The average molecular weight is 321 g/mol. The van der Waals surface area contributed by atoms with E-state index in [1.807, 2.05) is 0 Å². The van der Waals surface area contributed by atoms with Crippen molar-refractivity contribution >= 4 is 46.0 Å². The number of halogens is 1. The molecule has 0 spiro atoms. The number of aromatic nitrogens is 5. The topological polar surface area (TPSA) is 96.5 Å². The van der Waals surface area contributed by atoms with Crippen molar-refractivity contribution in [3.05, 3.63) is 28.8 Å². The second kappa shape index (κ2) is 4.74. The highest BCUT2D eigenvalue weighted by Crippen LogP contribution is 2.37. The number of carbonyl (C=O) groups is 1. The van der Waals surface area contributed by atoms with E-state index in [0.29, 0.717) is 27.7 Å². The first-order valence-electron chi connectivity index (χ1n) is 6.37. The Morgan fingerprint density at radius 2 is 2.24 bits per heavy atom. The predicted octanol–water partition coefficient (Wildman–Crippen LogP) is 2.59. The summed E-state index contributed by atoms with van der Waals surface area (Å²) >= 11 is 7.20. The molecule has 0 bridgehead atoms. The van der Waals surface area contributed by atoms with Crippen LogP contribution in [0.1, 0.15) is 35.2 Å². The quantitative estimate of drug-likeness (QED) is 0.773. The SMILES string of the molecule is O=C(Nc1c(Cl)ccc2nsnc12)c1n[nH]c(C2CC2)n1. The number of nitrogens with zero attached hydrogens (tertiary/aromatic N) is 4. The van der Waals surface area contributed by atoms with Gasteiger partial charge in [0.2, 0.25) is 5.82 Å². The molecule has 4 rings (SSSR count). The van der Waals surface area contributed by atoms with Gasteiger partial charge in [-0.05, 0) is 25.0 Å². The molecule has 2 aromatic heterocycles. The van der Waals surface area contributed by atoms with E-state index >= 15 is 0 Å². The monoisotopic (exact) mass is 320 g/mol. The number of carbonyl (C=O) groups excluding carboxylic acids is 1. The maximum atomic E-state index is 12.2. The van der Waals surface area contributed by atoms with Crippen LogP contribution in [-0.4, -0.2) is 29.8 Å². The Morgan fingerprint density at radius 3 is 3.05 bits per heavy atom. The molecule has 1 aliphatic carbocycles. The molecule has 3 aromatic rings. The van der Waals surface area contributed by atoms with Crippen LogP contribution in [0.4, 0.5) is 5.69 Å². The molecular formula is C12H9ClN6OS. The maximum absolute atomic E-state index is 12.2. The van der Waals surface area contributed by atoms with Gasteiger partial charge in [0.15, 0.2) is 0 Å². The number of aromatic amines is 1. The number of hydrogen-bond acceptors (Lipinski definition) is 6. The van der Waals surface area contributed by atoms with Crippen molar-refractivity contribution in [3.8, 4) is 0 Å². The minimum Gasteiger partial charge on any atom is -0.316 e. The molecule has 1 aliphatic rings. The Balaban J connectivity index is 1.65. The number of H-pyrrole nitrogens is 1. The summed E-state index contributed by atoms with van der Waals surface area (Å²) in [4.78, 5) is 16.4. The van der Waals surface area contributed by atoms with E-state index < -0.39 is 5.91 Å². The van der Waals surface area contributed by atoms with Gasteiger partial charge in [0.25, 0.3) is 5.91 Å². The van der Waals surface area contributed by atoms with Crippen molar-refractivity contribution in [2.45, 2.75) is 18.8 Å². The fourth-order valence-electron chi connectivity index (χ4n) is 2.03. The molecule has 2 N–H and O–H groups in total. The lowest BCUT2D eigenvalue weighted by Gasteiger charge is -2.05. The van der Waals surface area contributed by atoms with Crippen LogP contribution in [-0.2, 0) is 0 Å². The van der Waals surface area contributed by atoms with Crippen LogP contribution in [0.2, 0.25) is 5.02 Å². The fourth-order valence-corrected chi connectivity index (χ4v) is 2.77. The molecule has 106 valence electrons. The lowest BCUT2D eigenvalue weighted by molar-refractivity contribution is 0.101. The molecule has 9 heteroatoms. The van der Waals surface area contributed by atoms with Crippen LogP contribution < -0.4 is 5.32 Å². The van der Waals surface area contributed by atoms with Gasteiger partial charge >= 0.3 is 0 Å². The Labute approximate surface area is 128 Å². The standard InChI is InChI=1S/C12H9ClN6OS/c13-6-3-4-7-9(19-21-18-7)8(6)14-12(20)11-15-10(16-17-11)5-1-2-5/h3-5H,1-2H2,(H,14,20)(H,15,16,17). The number of benzene rings is 1. The summed E-state index contributed by atoms with van der Waals surface area (Å²) in [7, 11) is 0. The summed E-state index contributed by atoms with van der Waals surface area (Å²) in [6.45, 7) is 0. The summed E-state index contributed by atoms with van der Waals surface area (Å²) in [5, 5.41) is 9.87. The summed E-state index contributed by atoms with van der Waals surface area (Å²) in [5.74, 6) is 0.863. The average Bonchev–Trinajstić information content (AvgIpc) is 3.03. The molecule has 2 heterocycles. The van der Waals surface area contributed by atoms with E-state index in [1.54, 1.807) is 12.1 Å². The minimum atomic E-state index is -0.416. The smallest absolute Gasteiger partial charge is 0.295 e. The van der Waals surface area contributed by atoms with Crippen LogP contribution in [0, 0.1) is 0 Å². The summed E-state index contributed by atoms with van der Waals surface area (Å²) in [6.07, 6.45) is 2.18. The van der Waals surface area contributed by atoms with Crippen molar-refractivity contribution in [1.29, 1.82) is 0 Å². The first-order chi connectivity index (χ1) is 10.2. The molecule has 0 unspecified atom stereocenters. The summed E-state index contributed by atoms with van der Waals surface area (Å²) < 4.78 is 8.27. The van der Waals surface area contributed by atoms with Crippen molar-refractivity contribution in [1.82, 2.24) is 23.9 Å². The van der Waals surface area contributed by atoms with E-state index in [9.17, 15) is 4.79 Å². The number of fused-ring (bicyclic) bond motifs is 1. The van der Waals surface area contributed by atoms with Gasteiger partial charge in [-0.3, -0.25) is 9.89 Å². The minimum absolute atomic E-state index is 0.105. The van der Waals surface area contributed by atoms with Gasteiger partial charge in [-0.25, -0.2) is 4.98 Å². The molecule has 1 amide bonds. The lowest BCUT2D eigenvalue weighted by Crippen LogP contribution is -2.14. The van der Waals surface area contributed by atoms with Gasteiger partial charge in [-0.15, -0.1) is 5.10 Å². The molecule has 0 aliphatic heterocycles. The van der Waals surface area contributed by atoms with E-state index in [4.69, 9.17) is 11.6 Å². The number of rotatable bonds is 3. The molecule has 0 atom stereocenters. The second-order valence-electron chi connectivity index (χ2n) is 4.83. The van der Waals surface area contributed by atoms with Gasteiger partial charge in [-0.1, -0.05) is 11.6 Å². The fraction of sp³-hybridized carbons (Fsp3) is 0.250. The molecule has 1 fully saturated rings. The molecular weight excluding hydrogens is 312 g/mol. The third-order valence-electron chi connectivity index (χ3n) is 3.29. The highest BCUT2D eigenvalue weighted by Gasteiger charge is 2.28. The van der Waals surface area contributed by atoms with Crippen LogP contribution >= 0.6 is 23.3 Å². The van der Waals surface area contributed by atoms with Crippen molar-refractivity contribution < 1.29 is 4.79 Å². The van der Waals surface area contributed by atoms with Gasteiger partial charge in [0.05, 0.1) is 22.4 Å². The summed E-state index contributed by atoms with van der Waals surface area (Å²) in [6, 6.07) is 3.43. The zero-order valence-corrected chi connectivity index (χ0v) is 12.2. The van der Waals surface area contributed by atoms with Crippen LogP contribution in [0.5, 0.6) is 0 Å². The van der Waals surface area contributed by atoms with Gasteiger partial charge in [0.1, 0.15) is 16.9 Å². The zero-order chi connectivity index (χ0) is 14.4. The van der Waals surface area contributed by atoms with Crippen molar-refractivity contribution in [3.63, 3.8) is 0 Å². The van der Waals surface area contributed by atoms with Crippen LogP contribution in [0.25, 0.3) is 11.0 Å². The van der Waals surface area contributed by atoms with Crippen molar-refractivity contribution in [2.24, 2.45) is 0 Å². The molecule has 7 nitrogen and oxygen atoms in total. The van der Waals surface area contributed by atoms with E-state index in [0.717, 1.165) is 30.4 Å². The number of nitrogens with one attached hydrogen (secondary N) is 2. The second-order valence-corrected chi connectivity index (χ2v) is 5.76. The number of hydrogen-bond donors (Lipinski definition) is 2. The normalized spacial score (nSPS) is 14.5. The van der Waals surface area contributed by atoms with Gasteiger partial charge < -0.3 is 5.32 Å². The molecule has 1 aromatic carbocycles. The van der Waals surface area contributed by atoms with Gasteiger partial charge in [-0.2, -0.15) is 8.75 Å².